The van der Waals surface area contributed by atoms with E-state index in [0.29, 0.717) is 0 Å². The van der Waals surface area contributed by atoms with E-state index in [2.05, 4.69) is 13.8 Å². The molecule has 0 aromatic rings. The van der Waals surface area contributed by atoms with Crippen LogP contribution in [0.1, 0.15) is 13.8 Å². The van der Waals surface area contributed by atoms with E-state index in [4.69, 9.17) is 0 Å². The molecule has 0 aromatic heterocycles. The standard InChI is InChI=1S/C6H13B/c1-6(2)5-7-3-4-7/h6H,3-5H2,1-2H3. The van der Waals surface area contributed by atoms with Crippen LogP contribution in [-0.2, 0) is 0 Å². The normalized spacial score (nSPS) is 18.4. The van der Waals surface area contributed by atoms with E-state index in [1.54, 1.807) is 0 Å². The SMILES string of the molecule is CC(C)CB1CC1. The molecule has 1 heteroatoms. The predicted octanol–water partition coefficient (Wildman–Crippen LogP) is 2.15. The molecule has 0 unspecified atom stereocenters. The van der Waals surface area contributed by atoms with Crippen LogP contribution in [0.15, 0.2) is 0 Å². The van der Waals surface area contributed by atoms with Crippen molar-refractivity contribution in [2.75, 3.05) is 0 Å². The first-order valence-corrected chi connectivity index (χ1v) is 3.29. The molecule has 0 radical (unpaired) electrons. The van der Waals surface area contributed by atoms with E-state index in [9.17, 15) is 0 Å². The van der Waals surface area contributed by atoms with E-state index in [0.717, 1.165) is 12.6 Å². The summed E-state index contributed by atoms with van der Waals surface area (Å²) in [4.78, 5) is 0. The van der Waals surface area contributed by atoms with Crippen molar-refractivity contribution < 1.29 is 0 Å². The highest BCUT2D eigenvalue weighted by molar-refractivity contribution is 6.69. The first-order chi connectivity index (χ1) is 3.29. The van der Waals surface area contributed by atoms with Gasteiger partial charge in [0.05, 0.1) is 0 Å². The first-order valence-electron chi connectivity index (χ1n) is 3.29. The van der Waals surface area contributed by atoms with Crippen molar-refractivity contribution in [3.63, 3.8) is 0 Å². The van der Waals surface area contributed by atoms with Crippen LogP contribution in [0.5, 0.6) is 0 Å². The molecule has 1 heterocycles. The zero-order valence-electron chi connectivity index (χ0n) is 5.28. The minimum atomic E-state index is 0.937. The van der Waals surface area contributed by atoms with Crippen molar-refractivity contribution in [2.45, 2.75) is 32.8 Å². The van der Waals surface area contributed by atoms with Gasteiger partial charge < -0.3 is 0 Å². The highest BCUT2D eigenvalue weighted by Gasteiger charge is 2.25. The van der Waals surface area contributed by atoms with Crippen molar-refractivity contribution >= 4 is 6.71 Å². The summed E-state index contributed by atoms with van der Waals surface area (Å²) < 4.78 is 0. The molecule has 0 N–H and O–H groups in total. The molecule has 7 heavy (non-hydrogen) atoms. The Morgan fingerprint density at radius 1 is 1.43 bits per heavy atom. The molecule has 0 amide bonds. The molecular weight excluding hydrogens is 82.9 g/mol. The highest BCUT2D eigenvalue weighted by atomic mass is 14.0. The van der Waals surface area contributed by atoms with Gasteiger partial charge in [0, 0.05) is 0 Å². The zero-order chi connectivity index (χ0) is 5.28. The van der Waals surface area contributed by atoms with Gasteiger partial charge in [-0.15, -0.1) is 0 Å². The van der Waals surface area contributed by atoms with Gasteiger partial charge in [-0.25, -0.2) is 0 Å². The highest BCUT2D eigenvalue weighted by Crippen LogP contribution is 2.28. The van der Waals surface area contributed by atoms with E-state index >= 15 is 0 Å². The van der Waals surface area contributed by atoms with Crippen LogP contribution in [0.3, 0.4) is 0 Å². The fourth-order valence-corrected chi connectivity index (χ4v) is 1.02. The molecule has 0 bridgehead atoms. The largest absolute Gasteiger partial charge is 0.138 e. The van der Waals surface area contributed by atoms with Crippen LogP contribution in [0.2, 0.25) is 19.0 Å². The summed E-state index contributed by atoms with van der Waals surface area (Å²) in [6, 6.07) is 0. The topological polar surface area (TPSA) is 0 Å². The molecule has 0 atom stereocenters. The number of hydrogen-bond donors (Lipinski definition) is 0. The van der Waals surface area contributed by atoms with Gasteiger partial charge in [-0.2, -0.15) is 0 Å². The van der Waals surface area contributed by atoms with Gasteiger partial charge in [-0.1, -0.05) is 38.7 Å². The molecule has 1 saturated heterocycles. The molecule has 40 valence electrons. The van der Waals surface area contributed by atoms with E-state index in [-0.39, 0.29) is 0 Å². The maximum absolute atomic E-state index is 2.30. The van der Waals surface area contributed by atoms with E-state index in [1.807, 2.05) is 0 Å². The summed E-state index contributed by atoms with van der Waals surface area (Å²) in [7, 11) is 0. The molecule has 1 aliphatic rings. The lowest BCUT2D eigenvalue weighted by atomic mass is 9.64. The Morgan fingerprint density at radius 2 is 2.00 bits per heavy atom. The van der Waals surface area contributed by atoms with Crippen molar-refractivity contribution in [3.05, 3.63) is 0 Å². The monoisotopic (exact) mass is 96.1 g/mol. The van der Waals surface area contributed by atoms with Gasteiger partial charge in [0.1, 0.15) is 6.71 Å². The third kappa shape index (κ3) is 2.01. The van der Waals surface area contributed by atoms with Crippen LogP contribution in [0.4, 0.5) is 0 Å². The Kier molecular flexibility index (Phi) is 1.41. The van der Waals surface area contributed by atoms with Crippen molar-refractivity contribution in [2.24, 2.45) is 5.92 Å². The predicted molar refractivity (Wildman–Crippen MR) is 35.0 cm³/mol. The number of rotatable bonds is 2. The Bertz CT molecular complexity index is 55.2. The zero-order valence-corrected chi connectivity index (χ0v) is 5.28. The lowest BCUT2D eigenvalue weighted by molar-refractivity contribution is 0.730. The molecule has 1 fully saturated rings. The van der Waals surface area contributed by atoms with Crippen LogP contribution < -0.4 is 0 Å². The van der Waals surface area contributed by atoms with Crippen LogP contribution in [-0.4, -0.2) is 6.71 Å². The summed E-state index contributed by atoms with van der Waals surface area (Å²) in [6.07, 6.45) is 4.50. The molecule has 1 aliphatic heterocycles. The molecule has 0 spiro atoms. The third-order valence-corrected chi connectivity index (χ3v) is 1.50. The Labute approximate surface area is 46.4 Å². The van der Waals surface area contributed by atoms with Crippen LogP contribution in [0, 0.1) is 5.92 Å². The van der Waals surface area contributed by atoms with Crippen molar-refractivity contribution in [3.8, 4) is 0 Å². The minimum absolute atomic E-state index is 0.937. The third-order valence-electron chi connectivity index (χ3n) is 1.50. The maximum atomic E-state index is 2.30. The fourth-order valence-electron chi connectivity index (χ4n) is 1.02. The maximum Gasteiger partial charge on any atom is 0.138 e. The summed E-state index contributed by atoms with van der Waals surface area (Å²) in [5.74, 6) is 0.937. The van der Waals surface area contributed by atoms with Gasteiger partial charge in [0.25, 0.3) is 0 Å². The molecule has 0 nitrogen and oxygen atoms in total. The Balaban J connectivity index is 1.97. The summed E-state index contributed by atoms with van der Waals surface area (Å²) in [6.45, 7) is 5.73. The molecular formula is C6H13B. The Morgan fingerprint density at radius 3 is 2.14 bits per heavy atom. The molecule has 0 aromatic carbocycles. The minimum Gasteiger partial charge on any atom is -0.0806 e. The second-order valence-corrected chi connectivity index (χ2v) is 3.07. The van der Waals surface area contributed by atoms with Crippen LogP contribution in [0.25, 0.3) is 0 Å². The smallest absolute Gasteiger partial charge is 0.0806 e. The Hall–Kier alpha value is 0.0649. The summed E-state index contributed by atoms with van der Waals surface area (Å²) in [5.41, 5.74) is 0. The lowest BCUT2D eigenvalue weighted by Crippen LogP contribution is -1.93. The van der Waals surface area contributed by atoms with Gasteiger partial charge >= 0.3 is 0 Å². The fraction of sp³-hybridized carbons (Fsp3) is 1.00. The average molecular weight is 96.0 g/mol. The van der Waals surface area contributed by atoms with Gasteiger partial charge in [-0.3, -0.25) is 0 Å². The molecule has 1 rings (SSSR count). The molecule has 0 saturated carbocycles. The summed E-state index contributed by atoms with van der Waals surface area (Å²) in [5, 5.41) is 0. The average Bonchev–Trinajstić information content (AvgIpc) is 2.17. The number of hydrogen-bond acceptors (Lipinski definition) is 0. The first kappa shape index (κ1) is 5.21. The van der Waals surface area contributed by atoms with Crippen molar-refractivity contribution in [1.29, 1.82) is 0 Å². The van der Waals surface area contributed by atoms with E-state index < -0.39 is 0 Å². The molecule has 0 aliphatic carbocycles. The van der Waals surface area contributed by atoms with Crippen molar-refractivity contribution in [1.82, 2.24) is 0 Å². The van der Waals surface area contributed by atoms with Gasteiger partial charge in [0.15, 0.2) is 0 Å². The van der Waals surface area contributed by atoms with E-state index in [1.165, 1.54) is 19.0 Å². The van der Waals surface area contributed by atoms with Gasteiger partial charge in [-0.05, 0) is 0 Å². The quantitative estimate of drug-likeness (QED) is 0.462. The van der Waals surface area contributed by atoms with Gasteiger partial charge in [0.2, 0.25) is 0 Å². The second kappa shape index (κ2) is 1.89. The van der Waals surface area contributed by atoms with Crippen LogP contribution >= 0.6 is 0 Å². The lowest BCUT2D eigenvalue weighted by Gasteiger charge is -1.96. The second-order valence-electron chi connectivity index (χ2n) is 3.07. The summed E-state index contributed by atoms with van der Waals surface area (Å²) >= 11 is 0.